The molecule has 0 heterocycles. The summed E-state index contributed by atoms with van der Waals surface area (Å²) in [5.74, 6) is 0. The van der Waals surface area contributed by atoms with Crippen LogP contribution in [0.15, 0.2) is 4.99 Å². The molecule has 0 saturated heterocycles. The summed E-state index contributed by atoms with van der Waals surface area (Å²) in [5.41, 5.74) is 0. The monoisotopic (exact) mass is 231 g/mol. The van der Waals surface area contributed by atoms with Gasteiger partial charge in [-0.3, -0.25) is 0 Å². The molecule has 86 valence electrons. The van der Waals surface area contributed by atoms with E-state index in [1.165, 1.54) is 11.8 Å². The summed E-state index contributed by atoms with van der Waals surface area (Å²) >= 11 is 1.45. The number of amidine groups is 1. The Morgan fingerprint density at radius 2 is 1.87 bits per heavy atom. The minimum absolute atomic E-state index is 0.606. The van der Waals surface area contributed by atoms with Crippen molar-refractivity contribution in [3.05, 3.63) is 0 Å². The number of rotatable bonds is 6. The minimum atomic E-state index is 0.606. The maximum absolute atomic E-state index is 8.53. The zero-order valence-corrected chi connectivity index (χ0v) is 10.2. The van der Waals surface area contributed by atoms with Gasteiger partial charge in [0.2, 0.25) is 6.19 Å². The Morgan fingerprint density at radius 3 is 2.20 bits per heavy atom. The van der Waals surface area contributed by atoms with Crippen molar-refractivity contribution in [3.8, 4) is 6.19 Å². The maximum atomic E-state index is 8.53. The lowest BCUT2D eigenvalue weighted by Gasteiger charge is -2.23. The van der Waals surface area contributed by atoms with Gasteiger partial charge in [0.1, 0.15) is 0 Å². The standard InChI is InChI=1S/C9H17N3O2S/c1-13-6-4-12(5-7-14-2)9(15-3)11-8-10/h4-7H2,1-3H3. The van der Waals surface area contributed by atoms with Crippen molar-refractivity contribution in [1.82, 2.24) is 4.90 Å². The first-order valence-electron chi connectivity index (χ1n) is 4.53. The summed E-state index contributed by atoms with van der Waals surface area (Å²) in [6.45, 7) is 2.63. The lowest BCUT2D eigenvalue weighted by Crippen LogP contribution is -2.34. The SMILES string of the molecule is COCCN(CCOC)C(=NC#N)SC. The minimum Gasteiger partial charge on any atom is -0.383 e. The van der Waals surface area contributed by atoms with Crippen molar-refractivity contribution in [2.45, 2.75) is 0 Å². The highest BCUT2D eigenvalue weighted by Gasteiger charge is 2.09. The second-order valence-electron chi connectivity index (χ2n) is 2.67. The average Bonchev–Trinajstić information content (AvgIpc) is 2.27. The fourth-order valence-corrected chi connectivity index (χ4v) is 1.57. The Kier molecular flexibility index (Phi) is 9.27. The van der Waals surface area contributed by atoms with Gasteiger partial charge in [-0.25, -0.2) is 0 Å². The van der Waals surface area contributed by atoms with Gasteiger partial charge in [0, 0.05) is 27.3 Å². The highest BCUT2D eigenvalue weighted by Crippen LogP contribution is 2.05. The molecule has 0 saturated carbocycles. The van der Waals surface area contributed by atoms with Crippen LogP contribution in [0.1, 0.15) is 0 Å². The molecule has 0 fully saturated rings. The number of nitriles is 1. The molecular formula is C9H17N3O2S. The van der Waals surface area contributed by atoms with Gasteiger partial charge in [-0.05, 0) is 6.26 Å². The van der Waals surface area contributed by atoms with Crippen LogP contribution in [0.2, 0.25) is 0 Å². The quantitative estimate of drug-likeness (QED) is 0.384. The largest absolute Gasteiger partial charge is 0.383 e. The highest BCUT2D eigenvalue weighted by molar-refractivity contribution is 8.13. The summed E-state index contributed by atoms with van der Waals surface area (Å²) in [4.78, 5) is 5.72. The number of aliphatic imine (C=N–C) groups is 1. The van der Waals surface area contributed by atoms with Crippen LogP contribution in [0.4, 0.5) is 0 Å². The van der Waals surface area contributed by atoms with Crippen LogP contribution in [0.25, 0.3) is 0 Å². The zero-order chi connectivity index (χ0) is 11.5. The molecular weight excluding hydrogens is 214 g/mol. The fraction of sp³-hybridized carbons (Fsp3) is 0.778. The molecule has 15 heavy (non-hydrogen) atoms. The summed E-state index contributed by atoms with van der Waals surface area (Å²) in [6.07, 6.45) is 3.69. The van der Waals surface area contributed by atoms with E-state index in [1.54, 1.807) is 20.4 Å². The van der Waals surface area contributed by atoms with E-state index in [4.69, 9.17) is 14.7 Å². The molecule has 0 aromatic heterocycles. The van der Waals surface area contributed by atoms with Crippen LogP contribution >= 0.6 is 11.8 Å². The topological polar surface area (TPSA) is 57.9 Å². The van der Waals surface area contributed by atoms with Crippen LogP contribution in [0.3, 0.4) is 0 Å². The van der Waals surface area contributed by atoms with Gasteiger partial charge in [-0.1, -0.05) is 11.8 Å². The molecule has 0 radical (unpaired) electrons. The molecule has 0 aromatic rings. The van der Waals surface area contributed by atoms with Crippen LogP contribution in [0, 0.1) is 11.5 Å². The van der Waals surface area contributed by atoms with Gasteiger partial charge in [0.15, 0.2) is 5.17 Å². The number of methoxy groups -OCH3 is 2. The molecule has 0 bridgehead atoms. The Balaban J connectivity index is 4.30. The number of ether oxygens (including phenoxy) is 2. The predicted molar refractivity (Wildman–Crippen MR) is 61.9 cm³/mol. The van der Waals surface area contributed by atoms with E-state index in [0.29, 0.717) is 31.5 Å². The van der Waals surface area contributed by atoms with Crippen molar-refractivity contribution in [2.75, 3.05) is 46.8 Å². The van der Waals surface area contributed by atoms with Gasteiger partial charge in [-0.15, -0.1) is 4.99 Å². The van der Waals surface area contributed by atoms with Crippen molar-refractivity contribution in [3.63, 3.8) is 0 Å². The third-order valence-corrected chi connectivity index (χ3v) is 2.44. The van der Waals surface area contributed by atoms with Crippen molar-refractivity contribution >= 4 is 16.9 Å². The first-order valence-corrected chi connectivity index (χ1v) is 5.76. The molecule has 0 aliphatic carbocycles. The number of nitrogens with zero attached hydrogens (tertiary/aromatic N) is 3. The van der Waals surface area contributed by atoms with Crippen molar-refractivity contribution in [1.29, 1.82) is 5.26 Å². The molecule has 6 heteroatoms. The van der Waals surface area contributed by atoms with Crippen molar-refractivity contribution < 1.29 is 9.47 Å². The number of thioether (sulfide) groups is 1. The molecule has 5 nitrogen and oxygen atoms in total. The van der Waals surface area contributed by atoms with E-state index in [1.807, 2.05) is 11.2 Å². The van der Waals surface area contributed by atoms with Gasteiger partial charge < -0.3 is 14.4 Å². The molecule has 0 aliphatic heterocycles. The van der Waals surface area contributed by atoms with E-state index in [2.05, 4.69) is 4.99 Å². The molecule has 0 atom stereocenters. The molecule has 0 spiro atoms. The molecule has 0 aliphatic rings. The molecule has 0 N–H and O–H groups in total. The van der Waals surface area contributed by atoms with E-state index in [9.17, 15) is 0 Å². The third kappa shape index (κ3) is 6.33. The first kappa shape index (κ1) is 14.2. The lowest BCUT2D eigenvalue weighted by molar-refractivity contribution is 0.147. The fourth-order valence-electron chi connectivity index (χ4n) is 0.994. The molecule has 0 unspecified atom stereocenters. The Bertz CT molecular complexity index is 220. The van der Waals surface area contributed by atoms with Gasteiger partial charge in [-0.2, -0.15) is 5.26 Å². The summed E-state index contributed by atoms with van der Waals surface area (Å²) in [6, 6.07) is 0. The highest BCUT2D eigenvalue weighted by atomic mass is 32.2. The van der Waals surface area contributed by atoms with Crippen LogP contribution < -0.4 is 0 Å². The van der Waals surface area contributed by atoms with E-state index in [0.717, 1.165) is 0 Å². The molecule has 0 amide bonds. The summed E-state index contributed by atoms with van der Waals surface area (Å²) in [7, 11) is 3.30. The maximum Gasteiger partial charge on any atom is 0.208 e. The van der Waals surface area contributed by atoms with Gasteiger partial charge in [0.05, 0.1) is 13.2 Å². The van der Waals surface area contributed by atoms with Crippen LogP contribution in [0.5, 0.6) is 0 Å². The van der Waals surface area contributed by atoms with Gasteiger partial charge in [0.25, 0.3) is 0 Å². The molecule has 0 aromatic carbocycles. The zero-order valence-electron chi connectivity index (χ0n) is 9.39. The number of hydrogen-bond acceptors (Lipinski definition) is 5. The summed E-state index contributed by atoms with van der Waals surface area (Å²) in [5, 5.41) is 9.23. The Morgan fingerprint density at radius 1 is 1.33 bits per heavy atom. The second-order valence-corrected chi connectivity index (χ2v) is 3.44. The lowest BCUT2D eigenvalue weighted by atomic mass is 10.5. The van der Waals surface area contributed by atoms with Crippen LogP contribution in [-0.2, 0) is 9.47 Å². The van der Waals surface area contributed by atoms with Crippen molar-refractivity contribution in [2.24, 2.45) is 4.99 Å². The Hall–Kier alpha value is -0.770. The van der Waals surface area contributed by atoms with Gasteiger partial charge >= 0.3 is 0 Å². The normalized spacial score (nSPS) is 11.2. The van der Waals surface area contributed by atoms with Crippen LogP contribution in [-0.4, -0.2) is 56.8 Å². The third-order valence-electron chi connectivity index (χ3n) is 1.73. The van der Waals surface area contributed by atoms with E-state index >= 15 is 0 Å². The average molecular weight is 231 g/mol. The first-order chi connectivity index (χ1) is 7.29. The predicted octanol–water partition coefficient (Wildman–Crippen LogP) is 0.781. The number of hydrogen-bond donors (Lipinski definition) is 0. The Labute approximate surface area is 95.1 Å². The summed E-state index contributed by atoms with van der Waals surface area (Å²) < 4.78 is 9.99. The van der Waals surface area contributed by atoms with E-state index in [-0.39, 0.29) is 0 Å². The molecule has 0 rings (SSSR count). The smallest absolute Gasteiger partial charge is 0.208 e. The van der Waals surface area contributed by atoms with E-state index < -0.39 is 0 Å². The second kappa shape index (κ2) is 9.77.